The van der Waals surface area contributed by atoms with Gasteiger partial charge in [-0.25, -0.2) is 9.59 Å². The fourth-order valence-corrected chi connectivity index (χ4v) is 7.54. The van der Waals surface area contributed by atoms with Gasteiger partial charge >= 0.3 is 11.9 Å². The predicted molar refractivity (Wildman–Crippen MR) is 135 cm³/mol. The van der Waals surface area contributed by atoms with Crippen molar-refractivity contribution in [3.05, 3.63) is 24.2 Å². The predicted octanol–water partition coefficient (Wildman–Crippen LogP) is -1.18. The minimum Gasteiger partial charge on any atom is -0.479 e. The molecule has 3 fully saturated rings. The highest BCUT2D eigenvalue weighted by Gasteiger charge is 2.75. The van der Waals surface area contributed by atoms with Crippen LogP contribution in [0.4, 0.5) is 0 Å². The number of esters is 1. The van der Waals surface area contributed by atoms with E-state index in [9.17, 15) is 50.4 Å². The molecule has 232 valence electrons. The topological polar surface area (TPSA) is 237 Å². The summed E-state index contributed by atoms with van der Waals surface area (Å²) in [5.74, 6) is -3.67. The third kappa shape index (κ3) is 4.69. The number of furan rings is 1. The number of hydrogen-bond acceptors (Lipinski definition) is 13. The summed E-state index contributed by atoms with van der Waals surface area (Å²) in [6.45, 7) is 2.21. The monoisotopic (exact) mass is 588 g/mol. The van der Waals surface area contributed by atoms with Crippen LogP contribution in [0.1, 0.15) is 57.6 Å². The maximum Gasteiger partial charge on any atom is 0.338 e. The molecule has 0 spiro atoms. The Bertz CT molecular complexity index is 1090. The first kappa shape index (κ1) is 31.8. The molecule has 1 aromatic heterocycles. The van der Waals surface area contributed by atoms with Gasteiger partial charge in [-0.05, 0) is 37.7 Å². The van der Waals surface area contributed by atoms with Crippen LogP contribution in [0.2, 0.25) is 0 Å². The van der Waals surface area contributed by atoms with Gasteiger partial charge in [-0.1, -0.05) is 13.8 Å². The molecule has 14 heteroatoms. The van der Waals surface area contributed by atoms with Gasteiger partial charge in [0.05, 0.1) is 38.5 Å². The van der Waals surface area contributed by atoms with Gasteiger partial charge in [0.25, 0.3) is 0 Å². The Balaban J connectivity index is 1.85. The number of methoxy groups -OCH3 is 1. The van der Waals surface area contributed by atoms with Crippen LogP contribution in [0.5, 0.6) is 0 Å². The molecule has 0 amide bonds. The van der Waals surface area contributed by atoms with Crippen LogP contribution >= 0.6 is 0 Å². The Morgan fingerprint density at radius 2 is 1.80 bits per heavy atom. The summed E-state index contributed by atoms with van der Waals surface area (Å²) < 4.78 is 21.6. The lowest BCUT2D eigenvalue weighted by Crippen LogP contribution is -2.76. The largest absolute Gasteiger partial charge is 0.479 e. The zero-order valence-electron chi connectivity index (χ0n) is 23.1. The van der Waals surface area contributed by atoms with Crippen LogP contribution < -0.4 is 0 Å². The molecule has 0 aromatic carbocycles. The maximum absolute atomic E-state index is 13.2. The molecule has 1 aliphatic heterocycles. The van der Waals surface area contributed by atoms with Crippen molar-refractivity contribution >= 4 is 11.9 Å². The molecule has 8 N–H and O–H groups in total. The van der Waals surface area contributed by atoms with Gasteiger partial charge in [0.15, 0.2) is 17.5 Å². The summed E-state index contributed by atoms with van der Waals surface area (Å²) >= 11 is 0. The van der Waals surface area contributed by atoms with E-state index in [4.69, 9.17) is 18.6 Å². The van der Waals surface area contributed by atoms with E-state index in [0.717, 1.165) is 7.11 Å². The van der Waals surface area contributed by atoms with Crippen molar-refractivity contribution in [2.24, 2.45) is 16.7 Å². The SMILES string of the molecule is COC(=O)[C@]1(O)CCC[C@@H]2[C@]1(C)[C@H](O[C@@H]1O[C@@H](CO)[C@H](O)[C@@H](O)[C@H]1O)C[C@@](O)(C(=O)O)[C@@]2(C)C[C@@H](O)c1ccoc1. The van der Waals surface area contributed by atoms with Crippen molar-refractivity contribution in [3.8, 4) is 0 Å². The number of carboxylic acids is 1. The lowest BCUT2D eigenvalue weighted by molar-refractivity contribution is -0.355. The van der Waals surface area contributed by atoms with Crippen LogP contribution in [0.3, 0.4) is 0 Å². The van der Waals surface area contributed by atoms with Crippen LogP contribution in [0.15, 0.2) is 23.0 Å². The highest BCUT2D eigenvalue weighted by atomic mass is 16.7. The van der Waals surface area contributed by atoms with Crippen LogP contribution in [-0.4, -0.2) is 115 Å². The number of ether oxygens (including phenoxy) is 3. The summed E-state index contributed by atoms with van der Waals surface area (Å²) in [5, 5.41) is 86.3. The molecule has 0 unspecified atom stereocenters. The number of carbonyl (C=O) groups is 2. The molecule has 2 aliphatic carbocycles. The Morgan fingerprint density at radius 1 is 1.12 bits per heavy atom. The average Bonchev–Trinajstić information content (AvgIpc) is 3.48. The Labute approximate surface area is 236 Å². The Morgan fingerprint density at radius 3 is 2.37 bits per heavy atom. The minimum absolute atomic E-state index is 0.104. The number of aliphatic carboxylic acids is 1. The molecule has 1 saturated heterocycles. The van der Waals surface area contributed by atoms with Crippen LogP contribution in [0.25, 0.3) is 0 Å². The van der Waals surface area contributed by atoms with Crippen molar-refractivity contribution in [3.63, 3.8) is 0 Å². The molecule has 2 heterocycles. The number of carbonyl (C=O) groups excluding carboxylic acids is 1. The fourth-order valence-electron chi connectivity index (χ4n) is 7.54. The summed E-state index contributed by atoms with van der Waals surface area (Å²) in [4.78, 5) is 26.0. The third-order valence-electron chi connectivity index (χ3n) is 10.1. The number of carboxylic acid groups (broad SMARTS) is 1. The van der Waals surface area contributed by atoms with Gasteiger partial charge < -0.3 is 59.5 Å². The van der Waals surface area contributed by atoms with E-state index in [1.165, 1.54) is 32.4 Å². The Kier molecular flexibility index (Phi) is 8.66. The number of aliphatic hydroxyl groups excluding tert-OH is 5. The van der Waals surface area contributed by atoms with E-state index in [2.05, 4.69) is 0 Å². The van der Waals surface area contributed by atoms with Gasteiger partial charge in [-0.2, -0.15) is 0 Å². The second-order valence-electron chi connectivity index (χ2n) is 12.0. The lowest BCUT2D eigenvalue weighted by atomic mass is 9.40. The second kappa shape index (κ2) is 11.2. The Hall–Kier alpha value is -2.14. The van der Waals surface area contributed by atoms with Crippen LogP contribution in [-0.2, 0) is 23.8 Å². The summed E-state index contributed by atoms with van der Waals surface area (Å²) in [6, 6.07) is 1.49. The van der Waals surface area contributed by atoms with Crippen molar-refractivity contribution in [2.45, 2.75) is 100 Å². The van der Waals surface area contributed by atoms with Gasteiger partial charge in [-0.3, -0.25) is 0 Å². The zero-order chi connectivity index (χ0) is 30.5. The summed E-state index contributed by atoms with van der Waals surface area (Å²) in [6.07, 6.45) is -9.41. The summed E-state index contributed by atoms with van der Waals surface area (Å²) in [7, 11) is 1.08. The van der Waals surface area contributed by atoms with Gasteiger partial charge in [0.2, 0.25) is 0 Å². The van der Waals surface area contributed by atoms with E-state index in [1.807, 2.05) is 0 Å². The van der Waals surface area contributed by atoms with Gasteiger partial charge in [0.1, 0.15) is 24.4 Å². The van der Waals surface area contributed by atoms with Crippen molar-refractivity contribution in [1.82, 2.24) is 0 Å². The van der Waals surface area contributed by atoms with E-state index >= 15 is 0 Å². The zero-order valence-corrected chi connectivity index (χ0v) is 23.1. The first-order valence-electron chi connectivity index (χ1n) is 13.5. The molecular formula is C27H40O14. The molecular weight excluding hydrogens is 548 g/mol. The minimum atomic E-state index is -2.60. The third-order valence-corrected chi connectivity index (χ3v) is 10.1. The fraction of sp³-hybridized carbons (Fsp3) is 0.778. The summed E-state index contributed by atoms with van der Waals surface area (Å²) in [5.41, 5.74) is -7.93. The van der Waals surface area contributed by atoms with E-state index in [1.54, 1.807) is 0 Å². The van der Waals surface area contributed by atoms with E-state index < -0.39 is 95.8 Å². The second-order valence-corrected chi connectivity index (χ2v) is 12.0. The smallest absolute Gasteiger partial charge is 0.338 e. The molecule has 0 radical (unpaired) electrons. The molecule has 0 bridgehead atoms. The number of rotatable bonds is 8. The van der Waals surface area contributed by atoms with E-state index in [0.29, 0.717) is 5.56 Å². The molecule has 1 aromatic rings. The first-order chi connectivity index (χ1) is 19.1. The molecule has 2 saturated carbocycles. The molecule has 12 atom stereocenters. The normalized spacial score (nSPS) is 45.5. The maximum atomic E-state index is 13.2. The average molecular weight is 589 g/mol. The van der Waals surface area contributed by atoms with Crippen molar-refractivity contribution in [2.75, 3.05) is 13.7 Å². The number of hydrogen-bond donors (Lipinski definition) is 8. The number of aliphatic hydroxyl groups is 7. The highest BCUT2D eigenvalue weighted by molar-refractivity contribution is 5.82. The highest BCUT2D eigenvalue weighted by Crippen LogP contribution is 2.67. The molecule has 14 nitrogen and oxygen atoms in total. The van der Waals surface area contributed by atoms with Crippen LogP contribution in [0, 0.1) is 16.7 Å². The first-order valence-corrected chi connectivity index (χ1v) is 13.5. The van der Waals surface area contributed by atoms with Gasteiger partial charge in [0, 0.05) is 22.8 Å². The van der Waals surface area contributed by atoms with E-state index in [-0.39, 0.29) is 25.7 Å². The molecule has 41 heavy (non-hydrogen) atoms. The lowest BCUT2D eigenvalue weighted by Gasteiger charge is -2.66. The quantitative estimate of drug-likeness (QED) is 0.167. The standard InChI is InChI=1S/C27H40O14/c1-24(9-14(29)13-6-8-39-12-13)16-5-4-7-26(36,23(35)38-3)25(16,2)17(10-27(24,37)22(33)34)41-21-20(32)19(31)18(30)15(11-28)40-21/h6,8,12,14-21,28-32,36-37H,4-5,7,9-11H2,1-3H3,(H,33,34)/t14-,15+,16+,17-,18+,19-,20-,21+,24+,25-,26-,27-/m1/s1. The molecule has 4 rings (SSSR count). The number of fused-ring (bicyclic) bond motifs is 1. The van der Waals surface area contributed by atoms with Crippen molar-refractivity contribution in [1.29, 1.82) is 0 Å². The molecule has 3 aliphatic rings. The van der Waals surface area contributed by atoms with Crippen molar-refractivity contribution < 1.29 is 69.1 Å². The van der Waals surface area contributed by atoms with Gasteiger partial charge in [-0.15, -0.1) is 0 Å².